The Morgan fingerprint density at radius 3 is 2.63 bits per heavy atom. The van der Waals surface area contributed by atoms with Gasteiger partial charge in [-0.1, -0.05) is 0 Å². The van der Waals surface area contributed by atoms with Crippen LogP contribution in [-0.2, 0) is 4.79 Å². The average Bonchev–Trinajstić information content (AvgIpc) is 2.34. The largest absolute Gasteiger partial charge is 0.396 e. The van der Waals surface area contributed by atoms with Gasteiger partial charge in [0, 0.05) is 25.6 Å². The highest BCUT2D eigenvalue weighted by molar-refractivity contribution is 5.92. The Balaban J connectivity index is 1.91. The Morgan fingerprint density at radius 2 is 2.00 bits per heavy atom. The summed E-state index contributed by atoms with van der Waals surface area (Å²) in [6, 6.07) is 1.72. The van der Waals surface area contributed by atoms with E-state index in [9.17, 15) is 18.0 Å². The number of aliphatic hydroxyl groups excluding tert-OH is 1. The van der Waals surface area contributed by atoms with Gasteiger partial charge in [-0.2, -0.15) is 0 Å². The zero-order valence-corrected chi connectivity index (χ0v) is 10.00. The molecule has 104 valence electrons. The molecule has 2 N–H and O–H groups in total. The minimum absolute atomic E-state index is 0.0228. The van der Waals surface area contributed by atoms with Gasteiger partial charge >= 0.3 is 0 Å². The number of nitrogens with zero attached hydrogens (tertiary/aromatic N) is 1. The van der Waals surface area contributed by atoms with E-state index in [4.69, 9.17) is 5.11 Å². The van der Waals surface area contributed by atoms with Crippen LogP contribution < -0.4 is 5.32 Å². The molecule has 1 aliphatic rings. The summed E-state index contributed by atoms with van der Waals surface area (Å²) in [5.41, 5.74) is -0.386. The molecule has 1 heterocycles. The fourth-order valence-corrected chi connectivity index (χ4v) is 1.94. The molecule has 1 aromatic rings. The number of amides is 1. The lowest BCUT2D eigenvalue weighted by Crippen LogP contribution is -2.51. The lowest BCUT2D eigenvalue weighted by atomic mass is 10.0. The molecule has 4 nitrogen and oxygen atoms in total. The lowest BCUT2D eigenvalue weighted by molar-refractivity contribution is -0.119. The maximum absolute atomic E-state index is 13.3. The van der Waals surface area contributed by atoms with Crippen LogP contribution in [0.5, 0.6) is 0 Å². The van der Waals surface area contributed by atoms with Gasteiger partial charge in [0.2, 0.25) is 5.91 Å². The molecule has 19 heavy (non-hydrogen) atoms. The Bertz CT molecular complexity index is 490. The van der Waals surface area contributed by atoms with Crippen molar-refractivity contribution in [3.05, 3.63) is 29.6 Å². The Kier molecular flexibility index (Phi) is 4.06. The molecule has 2 rings (SSSR count). The number of hydrogen-bond acceptors (Lipinski definition) is 3. The second-order valence-electron chi connectivity index (χ2n) is 4.51. The summed E-state index contributed by atoms with van der Waals surface area (Å²) in [5.74, 6) is -4.68. The van der Waals surface area contributed by atoms with Crippen molar-refractivity contribution in [3.63, 3.8) is 0 Å². The molecule has 0 atom stereocenters. The third-order valence-corrected chi connectivity index (χ3v) is 2.97. The van der Waals surface area contributed by atoms with Gasteiger partial charge in [0.1, 0.15) is 0 Å². The summed E-state index contributed by atoms with van der Waals surface area (Å²) in [7, 11) is 0. The van der Waals surface area contributed by atoms with E-state index in [1.165, 1.54) is 0 Å². The number of aliphatic hydroxyl groups is 1. The van der Waals surface area contributed by atoms with Gasteiger partial charge in [-0.05, 0) is 12.1 Å². The van der Waals surface area contributed by atoms with Gasteiger partial charge in [-0.3, -0.25) is 9.69 Å². The molecule has 1 fully saturated rings. The molecule has 0 radical (unpaired) electrons. The van der Waals surface area contributed by atoms with E-state index >= 15 is 0 Å². The highest BCUT2D eigenvalue weighted by Crippen LogP contribution is 2.20. The first kappa shape index (κ1) is 13.8. The summed E-state index contributed by atoms with van der Waals surface area (Å²) in [4.78, 5) is 13.3. The standard InChI is InChI=1S/C12H13F3N2O2/c13-8-1-2-9(12(15)11(8)14)16-10(19)5-17-3-7(4-17)6-18/h1-2,7,18H,3-6H2,(H,16,19). The zero-order chi connectivity index (χ0) is 14.0. The fourth-order valence-electron chi connectivity index (χ4n) is 1.94. The summed E-state index contributed by atoms with van der Waals surface area (Å²) >= 11 is 0. The summed E-state index contributed by atoms with van der Waals surface area (Å²) in [6.45, 7) is 1.26. The molecule has 0 spiro atoms. The van der Waals surface area contributed by atoms with Crippen LogP contribution in [0.3, 0.4) is 0 Å². The topological polar surface area (TPSA) is 52.6 Å². The number of halogens is 3. The number of benzene rings is 1. The molecule has 0 aromatic heterocycles. The monoisotopic (exact) mass is 274 g/mol. The summed E-state index contributed by atoms with van der Waals surface area (Å²) in [5, 5.41) is 11.0. The maximum Gasteiger partial charge on any atom is 0.238 e. The average molecular weight is 274 g/mol. The van der Waals surface area contributed by atoms with Crippen molar-refractivity contribution >= 4 is 11.6 Å². The van der Waals surface area contributed by atoms with Crippen LogP contribution in [0.1, 0.15) is 0 Å². The number of carbonyl (C=O) groups excluding carboxylic acids is 1. The van der Waals surface area contributed by atoms with Crippen LogP contribution >= 0.6 is 0 Å². The lowest BCUT2D eigenvalue weighted by Gasteiger charge is -2.37. The molecule has 1 amide bonds. The van der Waals surface area contributed by atoms with Crippen molar-refractivity contribution in [2.75, 3.05) is 31.6 Å². The number of likely N-dealkylation sites (tertiary alicyclic amines) is 1. The maximum atomic E-state index is 13.3. The van der Waals surface area contributed by atoms with Gasteiger partial charge in [-0.15, -0.1) is 0 Å². The molecule has 1 aromatic carbocycles. The van der Waals surface area contributed by atoms with E-state index in [0.29, 0.717) is 13.1 Å². The van der Waals surface area contributed by atoms with Crippen LogP contribution in [0.2, 0.25) is 0 Å². The second-order valence-corrected chi connectivity index (χ2v) is 4.51. The molecule has 0 aliphatic carbocycles. The van der Waals surface area contributed by atoms with E-state index in [1.54, 1.807) is 4.90 Å². The number of nitrogens with one attached hydrogen (secondary N) is 1. The molecule has 1 aliphatic heterocycles. The van der Waals surface area contributed by atoms with Crippen LogP contribution in [0.15, 0.2) is 12.1 Å². The molecular formula is C12H13F3N2O2. The SMILES string of the molecule is O=C(CN1CC(CO)C1)Nc1ccc(F)c(F)c1F. The smallest absolute Gasteiger partial charge is 0.238 e. The van der Waals surface area contributed by atoms with Crippen molar-refractivity contribution in [2.24, 2.45) is 5.92 Å². The van der Waals surface area contributed by atoms with Crippen LogP contribution in [0.25, 0.3) is 0 Å². The highest BCUT2D eigenvalue weighted by atomic mass is 19.2. The highest BCUT2D eigenvalue weighted by Gasteiger charge is 2.27. The zero-order valence-electron chi connectivity index (χ0n) is 10.00. The van der Waals surface area contributed by atoms with Gasteiger partial charge in [0.25, 0.3) is 0 Å². The molecule has 0 bridgehead atoms. The van der Waals surface area contributed by atoms with Crippen molar-refractivity contribution in [1.82, 2.24) is 4.90 Å². The Labute approximate surface area is 107 Å². The number of hydrogen-bond donors (Lipinski definition) is 2. The minimum Gasteiger partial charge on any atom is -0.396 e. The summed E-state index contributed by atoms with van der Waals surface area (Å²) < 4.78 is 38.9. The Morgan fingerprint density at radius 1 is 1.32 bits per heavy atom. The van der Waals surface area contributed by atoms with Crippen molar-refractivity contribution in [2.45, 2.75) is 0 Å². The normalized spacial score (nSPS) is 16.2. The second kappa shape index (κ2) is 5.58. The van der Waals surface area contributed by atoms with E-state index in [0.717, 1.165) is 12.1 Å². The van der Waals surface area contributed by atoms with Crippen molar-refractivity contribution in [1.29, 1.82) is 0 Å². The van der Waals surface area contributed by atoms with Crippen LogP contribution in [-0.4, -0.2) is 42.2 Å². The molecular weight excluding hydrogens is 261 g/mol. The first-order valence-corrected chi connectivity index (χ1v) is 5.77. The van der Waals surface area contributed by atoms with E-state index < -0.39 is 23.4 Å². The van der Waals surface area contributed by atoms with Crippen molar-refractivity contribution in [3.8, 4) is 0 Å². The number of anilines is 1. The van der Waals surface area contributed by atoms with Crippen LogP contribution in [0.4, 0.5) is 18.9 Å². The molecule has 0 unspecified atom stereocenters. The fraction of sp³-hybridized carbons (Fsp3) is 0.417. The molecule has 1 saturated heterocycles. The minimum atomic E-state index is -1.61. The third kappa shape index (κ3) is 3.05. The predicted octanol–water partition coefficient (Wildman–Crippen LogP) is 0.966. The van der Waals surface area contributed by atoms with Gasteiger partial charge in [-0.25, -0.2) is 13.2 Å². The van der Waals surface area contributed by atoms with Gasteiger partial charge in [0.05, 0.1) is 12.2 Å². The van der Waals surface area contributed by atoms with Crippen molar-refractivity contribution < 1.29 is 23.1 Å². The Hall–Kier alpha value is -1.60. The third-order valence-electron chi connectivity index (χ3n) is 2.97. The predicted molar refractivity (Wildman–Crippen MR) is 62.0 cm³/mol. The first-order valence-electron chi connectivity index (χ1n) is 5.77. The van der Waals surface area contributed by atoms with E-state index in [-0.39, 0.29) is 24.8 Å². The number of carbonyl (C=O) groups is 1. The molecule has 7 heteroatoms. The van der Waals surface area contributed by atoms with E-state index in [1.807, 2.05) is 0 Å². The first-order chi connectivity index (χ1) is 9.01. The van der Waals surface area contributed by atoms with Crippen LogP contribution in [0, 0.1) is 23.4 Å². The van der Waals surface area contributed by atoms with E-state index in [2.05, 4.69) is 5.32 Å². The number of rotatable bonds is 4. The van der Waals surface area contributed by atoms with Gasteiger partial charge in [0.15, 0.2) is 17.5 Å². The quantitative estimate of drug-likeness (QED) is 0.804. The molecule has 0 saturated carbocycles. The van der Waals surface area contributed by atoms with Gasteiger partial charge < -0.3 is 10.4 Å². The summed E-state index contributed by atoms with van der Waals surface area (Å²) in [6.07, 6.45) is 0.